The minimum atomic E-state index is 0.0736. The highest BCUT2D eigenvalue weighted by Gasteiger charge is 2.06. The number of aromatic nitrogens is 1. The van der Waals surface area contributed by atoms with E-state index in [0.717, 1.165) is 20.5 Å². The molecule has 0 amide bonds. The Morgan fingerprint density at radius 1 is 1.40 bits per heavy atom. The largest absolute Gasteiger partial charge is 0.497 e. The number of methoxy groups -OCH3 is 1. The van der Waals surface area contributed by atoms with Crippen molar-refractivity contribution in [2.75, 3.05) is 7.11 Å². The molecule has 0 saturated heterocycles. The average Bonchev–Trinajstić information content (AvgIpc) is 2.25. The van der Waals surface area contributed by atoms with E-state index in [-0.39, 0.29) is 5.43 Å². The summed E-state index contributed by atoms with van der Waals surface area (Å²) in [4.78, 5) is 15.1. The minimum absolute atomic E-state index is 0.0736. The van der Waals surface area contributed by atoms with E-state index in [1.54, 1.807) is 19.2 Å². The predicted molar refractivity (Wildman–Crippen MR) is 68.6 cm³/mol. The zero-order valence-corrected chi connectivity index (χ0v) is 10.6. The summed E-state index contributed by atoms with van der Waals surface area (Å²) in [5.41, 5.74) is 1.78. The van der Waals surface area contributed by atoms with Crippen LogP contribution < -0.4 is 10.2 Å². The van der Waals surface area contributed by atoms with Gasteiger partial charge < -0.3 is 9.72 Å². The fourth-order valence-corrected chi connectivity index (χ4v) is 1.92. The first-order chi connectivity index (χ1) is 7.13. The first-order valence-corrected chi connectivity index (χ1v) is 5.57. The molecule has 1 aromatic heterocycles. The van der Waals surface area contributed by atoms with E-state index in [0.29, 0.717) is 5.39 Å². The van der Waals surface area contributed by atoms with Crippen LogP contribution in [0, 0.1) is 10.5 Å². The van der Waals surface area contributed by atoms with Gasteiger partial charge >= 0.3 is 0 Å². The molecule has 0 radical (unpaired) electrons. The number of rotatable bonds is 1. The number of ether oxygens (including phenoxy) is 1. The third-order valence-corrected chi connectivity index (χ3v) is 3.62. The maximum absolute atomic E-state index is 11.9. The summed E-state index contributed by atoms with van der Waals surface area (Å²) in [7, 11) is 1.61. The van der Waals surface area contributed by atoms with Crippen molar-refractivity contribution in [2.45, 2.75) is 6.92 Å². The molecule has 1 aromatic carbocycles. The maximum Gasteiger partial charge on any atom is 0.202 e. The summed E-state index contributed by atoms with van der Waals surface area (Å²) in [5.74, 6) is 0.749. The quantitative estimate of drug-likeness (QED) is 0.822. The molecule has 2 aromatic rings. The first kappa shape index (κ1) is 10.5. The van der Waals surface area contributed by atoms with Crippen LogP contribution in [0.3, 0.4) is 0 Å². The van der Waals surface area contributed by atoms with Crippen molar-refractivity contribution in [3.63, 3.8) is 0 Å². The molecule has 78 valence electrons. The fraction of sp³-hybridized carbons (Fsp3) is 0.182. The molecule has 0 atom stereocenters. The van der Waals surface area contributed by atoms with Crippen molar-refractivity contribution in [1.82, 2.24) is 4.98 Å². The average molecular weight is 315 g/mol. The molecule has 15 heavy (non-hydrogen) atoms. The molecule has 4 heteroatoms. The number of pyridine rings is 1. The van der Waals surface area contributed by atoms with Crippen molar-refractivity contribution in [3.05, 3.63) is 37.7 Å². The first-order valence-electron chi connectivity index (χ1n) is 4.49. The van der Waals surface area contributed by atoms with Gasteiger partial charge in [-0.25, -0.2) is 0 Å². The van der Waals surface area contributed by atoms with E-state index in [9.17, 15) is 4.79 Å². The zero-order chi connectivity index (χ0) is 11.0. The summed E-state index contributed by atoms with van der Waals surface area (Å²) >= 11 is 2.06. The lowest BCUT2D eigenvalue weighted by molar-refractivity contribution is 0.415. The van der Waals surface area contributed by atoms with Crippen LogP contribution >= 0.6 is 22.6 Å². The van der Waals surface area contributed by atoms with Crippen LogP contribution in [0.15, 0.2) is 23.0 Å². The highest BCUT2D eigenvalue weighted by molar-refractivity contribution is 14.1. The van der Waals surface area contributed by atoms with Gasteiger partial charge in [-0.15, -0.1) is 0 Å². The van der Waals surface area contributed by atoms with Gasteiger partial charge in [-0.05, 0) is 41.6 Å². The molecule has 0 bridgehead atoms. The fourth-order valence-electron chi connectivity index (χ4n) is 1.50. The van der Waals surface area contributed by atoms with Gasteiger partial charge in [-0.1, -0.05) is 0 Å². The number of halogens is 1. The van der Waals surface area contributed by atoms with Crippen molar-refractivity contribution in [2.24, 2.45) is 0 Å². The number of aryl methyl sites for hydroxylation is 1. The Kier molecular flexibility index (Phi) is 2.68. The maximum atomic E-state index is 11.9. The molecule has 0 aliphatic rings. The molecule has 0 aliphatic heterocycles. The molecule has 1 N–H and O–H groups in total. The summed E-state index contributed by atoms with van der Waals surface area (Å²) < 4.78 is 5.85. The zero-order valence-electron chi connectivity index (χ0n) is 8.43. The topological polar surface area (TPSA) is 42.1 Å². The number of hydrogen-bond donors (Lipinski definition) is 1. The molecular formula is C11H10INO2. The Balaban J connectivity index is 2.86. The second kappa shape index (κ2) is 3.84. The highest BCUT2D eigenvalue weighted by atomic mass is 127. The monoisotopic (exact) mass is 315 g/mol. The number of fused-ring (bicyclic) bond motifs is 1. The van der Waals surface area contributed by atoms with Gasteiger partial charge in [0.05, 0.1) is 16.2 Å². The molecule has 0 spiro atoms. The molecular weight excluding hydrogens is 305 g/mol. The molecule has 1 heterocycles. The van der Waals surface area contributed by atoms with E-state index >= 15 is 0 Å². The molecule has 0 unspecified atom stereocenters. The smallest absolute Gasteiger partial charge is 0.202 e. The molecule has 0 aliphatic carbocycles. The predicted octanol–water partition coefficient (Wildman–Crippen LogP) is 2.45. The van der Waals surface area contributed by atoms with Crippen molar-refractivity contribution >= 4 is 33.5 Å². The van der Waals surface area contributed by atoms with Gasteiger partial charge in [0.1, 0.15) is 5.75 Å². The van der Waals surface area contributed by atoms with Crippen LogP contribution in [0.25, 0.3) is 10.9 Å². The van der Waals surface area contributed by atoms with Crippen LogP contribution in [0.4, 0.5) is 0 Å². The van der Waals surface area contributed by atoms with Crippen molar-refractivity contribution < 1.29 is 4.74 Å². The second-order valence-electron chi connectivity index (χ2n) is 3.30. The van der Waals surface area contributed by atoms with Gasteiger partial charge in [-0.2, -0.15) is 0 Å². The molecule has 2 rings (SSSR count). The Morgan fingerprint density at radius 3 is 2.80 bits per heavy atom. The number of H-pyrrole nitrogens is 1. The lowest BCUT2D eigenvalue weighted by Gasteiger charge is -2.05. The van der Waals surface area contributed by atoms with Crippen LogP contribution in [0.1, 0.15) is 5.69 Å². The number of aromatic amines is 1. The van der Waals surface area contributed by atoms with Crippen molar-refractivity contribution in [1.29, 1.82) is 0 Å². The van der Waals surface area contributed by atoms with E-state index in [2.05, 4.69) is 27.6 Å². The third-order valence-electron chi connectivity index (χ3n) is 2.32. The van der Waals surface area contributed by atoms with E-state index in [1.807, 2.05) is 13.0 Å². The van der Waals surface area contributed by atoms with Gasteiger partial charge in [0.2, 0.25) is 5.43 Å². The van der Waals surface area contributed by atoms with E-state index in [1.165, 1.54) is 0 Å². The van der Waals surface area contributed by atoms with Gasteiger partial charge in [0.15, 0.2) is 0 Å². The molecule has 0 fully saturated rings. The number of hydrogen-bond acceptors (Lipinski definition) is 2. The summed E-state index contributed by atoms with van der Waals surface area (Å²) in [5, 5.41) is 0.700. The Morgan fingerprint density at radius 2 is 2.13 bits per heavy atom. The summed E-state index contributed by atoms with van der Waals surface area (Å²) in [6, 6.07) is 5.41. The minimum Gasteiger partial charge on any atom is -0.497 e. The SMILES string of the molecule is COc1ccc2c(=O)c(I)c(C)[nH]c2c1. The third kappa shape index (κ3) is 1.73. The number of benzene rings is 1. The number of nitrogens with one attached hydrogen (secondary N) is 1. The lowest BCUT2D eigenvalue weighted by atomic mass is 10.2. The van der Waals surface area contributed by atoms with Gasteiger partial charge in [0.25, 0.3) is 0 Å². The lowest BCUT2D eigenvalue weighted by Crippen LogP contribution is -2.09. The standard InChI is InChI=1S/C11H10INO2/c1-6-10(12)11(14)8-4-3-7(15-2)5-9(8)13-6/h3-5H,1-2H3,(H,13,14). The van der Waals surface area contributed by atoms with Crippen molar-refractivity contribution in [3.8, 4) is 5.75 Å². The molecule has 3 nitrogen and oxygen atoms in total. The van der Waals surface area contributed by atoms with Crippen LogP contribution in [-0.2, 0) is 0 Å². The molecule has 0 saturated carbocycles. The van der Waals surface area contributed by atoms with E-state index < -0.39 is 0 Å². The highest BCUT2D eigenvalue weighted by Crippen LogP contribution is 2.18. The van der Waals surface area contributed by atoms with Gasteiger partial charge in [0, 0.05) is 17.1 Å². The summed E-state index contributed by atoms with van der Waals surface area (Å²) in [6.07, 6.45) is 0. The Bertz CT molecular complexity index is 575. The second-order valence-corrected chi connectivity index (χ2v) is 4.38. The van der Waals surface area contributed by atoms with E-state index in [4.69, 9.17) is 4.74 Å². The van der Waals surface area contributed by atoms with Crippen LogP contribution in [-0.4, -0.2) is 12.1 Å². The Hall–Kier alpha value is -1.04. The van der Waals surface area contributed by atoms with Crippen LogP contribution in [0.5, 0.6) is 5.75 Å². The van der Waals surface area contributed by atoms with Crippen LogP contribution in [0.2, 0.25) is 0 Å². The Labute approximate surface area is 101 Å². The van der Waals surface area contributed by atoms with Gasteiger partial charge in [-0.3, -0.25) is 4.79 Å². The summed E-state index contributed by atoms with van der Waals surface area (Å²) in [6.45, 7) is 1.89. The normalized spacial score (nSPS) is 10.6.